The summed E-state index contributed by atoms with van der Waals surface area (Å²) in [6.07, 6.45) is 3.79. The molecule has 0 aliphatic carbocycles. The highest BCUT2D eigenvalue weighted by Gasteiger charge is 2.01. The van der Waals surface area contributed by atoms with Gasteiger partial charge in [0.1, 0.15) is 11.9 Å². The molecule has 0 aliphatic rings. The molecule has 0 radical (unpaired) electrons. The summed E-state index contributed by atoms with van der Waals surface area (Å²) in [6, 6.07) is 5.38. The Kier molecular flexibility index (Phi) is 3.44. The molecule has 0 bridgehead atoms. The van der Waals surface area contributed by atoms with E-state index in [0.29, 0.717) is 18.1 Å². The first-order valence-electron chi connectivity index (χ1n) is 5.58. The zero-order valence-corrected chi connectivity index (χ0v) is 10.1. The van der Waals surface area contributed by atoms with Crippen LogP contribution in [0.25, 0.3) is 0 Å². The summed E-state index contributed by atoms with van der Waals surface area (Å²) in [5.41, 5.74) is 7.37. The van der Waals surface area contributed by atoms with E-state index < -0.39 is 0 Å². The summed E-state index contributed by atoms with van der Waals surface area (Å²) in [4.78, 5) is 4.10. The largest absolute Gasteiger partial charge is 0.396 e. The highest BCUT2D eigenvalue weighted by Crippen LogP contribution is 2.11. The molecule has 0 saturated heterocycles. The molecule has 6 nitrogen and oxygen atoms in total. The van der Waals surface area contributed by atoms with Gasteiger partial charge < -0.3 is 11.1 Å². The van der Waals surface area contributed by atoms with Gasteiger partial charge in [-0.1, -0.05) is 0 Å². The van der Waals surface area contributed by atoms with Crippen molar-refractivity contribution < 1.29 is 0 Å². The normalized spacial score (nSPS) is 10.0. The van der Waals surface area contributed by atoms with Crippen LogP contribution in [0.4, 0.5) is 11.5 Å². The molecule has 0 atom stereocenters. The molecule has 2 rings (SSSR count). The second-order valence-electron chi connectivity index (χ2n) is 3.95. The van der Waals surface area contributed by atoms with Crippen molar-refractivity contribution in [2.45, 2.75) is 13.5 Å². The van der Waals surface area contributed by atoms with Gasteiger partial charge in [0.2, 0.25) is 0 Å². The van der Waals surface area contributed by atoms with Crippen LogP contribution in [0, 0.1) is 18.3 Å². The maximum Gasteiger partial charge on any atom is 0.165 e. The molecule has 2 heterocycles. The average Bonchev–Trinajstić information content (AvgIpc) is 2.77. The zero-order chi connectivity index (χ0) is 13.0. The Labute approximate surface area is 105 Å². The molecule has 3 N–H and O–H groups in total. The number of nitrogens with zero attached hydrogens (tertiary/aromatic N) is 4. The van der Waals surface area contributed by atoms with E-state index in [1.807, 2.05) is 30.1 Å². The smallest absolute Gasteiger partial charge is 0.165 e. The molecule has 0 saturated carbocycles. The quantitative estimate of drug-likeness (QED) is 0.839. The van der Waals surface area contributed by atoms with E-state index in [2.05, 4.69) is 15.4 Å². The SMILES string of the molecule is Cc1cnn(CCNc2ccc(N)c(C#N)n2)c1. The first-order chi connectivity index (χ1) is 8.69. The number of rotatable bonds is 4. The van der Waals surface area contributed by atoms with Gasteiger partial charge in [0.05, 0.1) is 18.4 Å². The molecule has 2 aromatic rings. The Bertz CT molecular complexity index is 580. The molecule has 6 heteroatoms. The van der Waals surface area contributed by atoms with Crippen molar-refractivity contribution in [2.75, 3.05) is 17.6 Å². The molecule has 2 aromatic heterocycles. The van der Waals surface area contributed by atoms with Crippen LogP contribution in [0.5, 0.6) is 0 Å². The lowest BCUT2D eigenvalue weighted by molar-refractivity contribution is 0.636. The third kappa shape index (κ3) is 2.77. The fraction of sp³-hybridized carbons (Fsp3) is 0.250. The van der Waals surface area contributed by atoms with E-state index in [1.165, 1.54) is 0 Å². The van der Waals surface area contributed by atoms with Crippen molar-refractivity contribution in [1.29, 1.82) is 5.26 Å². The number of nitrogens with two attached hydrogens (primary N) is 1. The minimum absolute atomic E-state index is 0.245. The Morgan fingerprint density at radius 1 is 1.50 bits per heavy atom. The molecule has 0 aromatic carbocycles. The van der Waals surface area contributed by atoms with Gasteiger partial charge in [0.15, 0.2) is 5.69 Å². The van der Waals surface area contributed by atoms with E-state index in [1.54, 1.807) is 12.1 Å². The minimum atomic E-state index is 0.245. The van der Waals surface area contributed by atoms with Crippen LogP contribution < -0.4 is 11.1 Å². The maximum absolute atomic E-state index is 8.81. The van der Waals surface area contributed by atoms with Crippen molar-refractivity contribution in [2.24, 2.45) is 0 Å². The van der Waals surface area contributed by atoms with Gasteiger partial charge in [-0.3, -0.25) is 4.68 Å². The number of nitrogens with one attached hydrogen (secondary N) is 1. The Morgan fingerprint density at radius 3 is 3.00 bits per heavy atom. The zero-order valence-electron chi connectivity index (χ0n) is 10.1. The topological polar surface area (TPSA) is 92.5 Å². The van der Waals surface area contributed by atoms with Gasteiger partial charge >= 0.3 is 0 Å². The van der Waals surface area contributed by atoms with Crippen molar-refractivity contribution >= 4 is 11.5 Å². The summed E-state index contributed by atoms with van der Waals surface area (Å²) in [7, 11) is 0. The van der Waals surface area contributed by atoms with Crippen molar-refractivity contribution in [1.82, 2.24) is 14.8 Å². The lowest BCUT2D eigenvalue weighted by atomic mass is 10.3. The Balaban J connectivity index is 1.93. The molecular weight excluding hydrogens is 228 g/mol. The first-order valence-corrected chi connectivity index (χ1v) is 5.58. The van der Waals surface area contributed by atoms with E-state index in [9.17, 15) is 0 Å². The molecule has 18 heavy (non-hydrogen) atoms. The van der Waals surface area contributed by atoms with Gasteiger partial charge in [0, 0.05) is 12.7 Å². The van der Waals surface area contributed by atoms with Gasteiger partial charge in [-0.15, -0.1) is 0 Å². The van der Waals surface area contributed by atoms with Gasteiger partial charge in [0.25, 0.3) is 0 Å². The van der Waals surface area contributed by atoms with Crippen molar-refractivity contribution in [3.05, 3.63) is 35.8 Å². The number of anilines is 2. The fourth-order valence-electron chi connectivity index (χ4n) is 1.55. The van der Waals surface area contributed by atoms with Crippen LogP contribution in [0.3, 0.4) is 0 Å². The Hall–Kier alpha value is -2.55. The molecule has 0 amide bonds. The summed E-state index contributed by atoms with van der Waals surface area (Å²) >= 11 is 0. The highest BCUT2D eigenvalue weighted by molar-refractivity contribution is 5.54. The van der Waals surface area contributed by atoms with Crippen LogP contribution in [-0.2, 0) is 6.54 Å². The van der Waals surface area contributed by atoms with Crippen LogP contribution in [0.15, 0.2) is 24.5 Å². The highest BCUT2D eigenvalue weighted by atomic mass is 15.3. The fourth-order valence-corrected chi connectivity index (χ4v) is 1.55. The molecule has 0 spiro atoms. The summed E-state index contributed by atoms with van der Waals surface area (Å²) in [6.45, 7) is 3.42. The van der Waals surface area contributed by atoms with Crippen LogP contribution in [-0.4, -0.2) is 21.3 Å². The predicted octanol–water partition coefficient (Wildman–Crippen LogP) is 1.15. The summed E-state index contributed by atoms with van der Waals surface area (Å²) in [5, 5.41) is 16.1. The standard InChI is InChI=1S/C12H14N6/c1-9-7-16-18(8-9)5-4-15-12-3-2-10(14)11(6-13)17-12/h2-3,7-8H,4-5,14H2,1H3,(H,15,17). The van der Waals surface area contributed by atoms with Crippen LogP contribution >= 0.6 is 0 Å². The van der Waals surface area contributed by atoms with E-state index in [0.717, 1.165) is 12.1 Å². The predicted molar refractivity (Wildman–Crippen MR) is 68.8 cm³/mol. The van der Waals surface area contributed by atoms with Gasteiger partial charge in [-0.05, 0) is 24.6 Å². The van der Waals surface area contributed by atoms with E-state index >= 15 is 0 Å². The Morgan fingerprint density at radius 2 is 2.33 bits per heavy atom. The van der Waals surface area contributed by atoms with Crippen LogP contribution in [0.1, 0.15) is 11.3 Å². The second kappa shape index (κ2) is 5.19. The number of aromatic nitrogens is 3. The number of aryl methyl sites for hydroxylation is 1. The molecular formula is C12H14N6. The van der Waals surface area contributed by atoms with Crippen LogP contribution in [0.2, 0.25) is 0 Å². The van der Waals surface area contributed by atoms with E-state index in [4.69, 9.17) is 11.0 Å². The lowest BCUT2D eigenvalue weighted by Gasteiger charge is -2.06. The van der Waals surface area contributed by atoms with Crippen molar-refractivity contribution in [3.8, 4) is 6.07 Å². The number of nitriles is 1. The lowest BCUT2D eigenvalue weighted by Crippen LogP contribution is -2.12. The summed E-state index contributed by atoms with van der Waals surface area (Å²) < 4.78 is 1.85. The van der Waals surface area contributed by atoms with Gasteiger partial charge in [-0.2, -0.15) is 10.4 Å². The van der Waals surface area contributed by atoms with E-state index in [-0.39, 0.29) is 5.69 Å². The third-order valence-electron chi connectivity index (χ3n) is 2.44. The molecule has 0 aliphatic heterocycles. The van der Waals surface area contributed by atoms with Crippen molar-refractivity contribution in [3.63, 3.8) is 0 Å². The third-order valence-corrected chi connectivity index (χ3v) is 2.44. The maximum atomic E-state index is 8.81. The molecule has 92 valence electrons. The average molecular weight is 242 g/mol. The number of nitrogen functional groups attached to an aromatic ring is 1. The summed E-state index contributed by atoms with van der Waals surface area (Å²) in [5.74, 6) is 0.643. The second-order valence-corrected chi connectivity index (χ2v) is 3.95. The monoisotopic (exact) mass is 242 g/mol. The molecule has 0 fully saturated rings. The van der Waals surface area contributed by atoms with Gasteiger partial charge in [-0.25, -0.2) is 4.98 Å². The minimum Gasteiger partial charge on any atom is -0.396 e. The number of pyridine rings is 1. The first kappa shape index (κ1) is 11.9. The number of hydrogen-bond acceptors (Lipinski definition) is 5. The molecule has 0 unspecified atom stereocenters. The number of hydrogen-bond donors (Lipinski definition) is 2.